The van der Waals surface area contributed by atoms with Gasteiger partial charge in [-0.3, -0.25) is 14.3 Å². The summed E-state index contributed by atoms with van der Waals surface area (Å²) in [6.45, 7) is 5.75. The molecule has 0 aliphatic heterocycles. The molecule has 1 amide bonds. The summed E-state index contributed by atoms with van der Waals surface area (Å²) >= 11 is 0. The lowest BCUT2D eigenvalue weighted by molar-refractivity contribution is -0.137. The Bertz CT molecular complexity index is 714. The predicted molar refractivity (Wildman–Crippen MR) is 84.4 cm³/mol. The molecule has 0 radical (unpaired) electrons. The van der Waals surface area contributed by atoms with Gasteiger partial charge in [-0.1, -0.05) is 25.9 Å². The summed E-state index contributed by atoms with van der Waals surface area (Å²) in [7, 11) is 0. The molecule has 130 valence electrons. The number of nitrogens with zero attached hydrogens (tertiary/aromatic N) is 4. The minimum Gasteiger partial charge on any atom is -0.480 e. The van der Waals surface area contributed by atoms with Gasteiger partial charge in [-0.05, 0) is 6.42 Å². The number of anilines is 1. The summed E-state index contributed by atoms with van der Waals surface area (Å²) in [6.07, 6.45) is 2.85. The number of aryl methyl sites for hydroxylation is 1. The average molecular weight is 335 g/mol. The van der Waals surface area contributed by atoms with E-state index in [2.05, 4.69) is 20.6 Å². The largest absolute Gasteiger partial charge is 0.480 e. The second-order valence-electron chi connectivity index (χ2n) is 6.46. The van der Waals surface area contributed by atoms with E-state index in [9.17, 15) is 9.59 Å². The maximum atomic E-state index is 11.9. The fourth-order valence-corrected chi connectivity index (χ4v) is 1.92. The molecule has 9 heteroatoms. The summed E-state index contributed by atoms with van der Waals surface area (Å²) in [5, 5.41) is 19.2. The highest BCUT2D eigenvalue weighted by Gasteiger charge is 2.20. The summed E-state index contributed by atoms with van der Waals surface area (Å²) in [5.41, 5.74) is -0.173. The average Bonchev–Trinajstić information content (AvgIpc) is 3.07. The first-order valence-electron chi connectivity index (χ1n) is 7.62. The summed E-state index contributed by atoms with van der Waals surface area (Å²) in [4.78, 5) is 26.7. The first-order valence-corrected chi connectivity index (χ1v) is 7.62. The minimum absolute atomic E-state index is 0.173. The van der Waals surface area contributed by atoms with Gasteiger partial charge in [-0.15, -0.1) is 0 Å². The van der Waals surface area contributed by atoms with Crippen LogP contribution in [0.15, 0.2) is 16.8 Å². The Kier molecular flexibility index (Phi) is 5.32. The van der Waals surface area contributed by atoms with Crippen molar-refractivity contribution in [1.29, 1.82) is 0 Å². The third-order valence-corrected chi connectivity index (χ3v) is 3.14. The first-order chi connectivity index (χ1) is 11.2. The summed E-state index contributed by atoms with van der Waals surface area (Å²) in [5.74, 6) is 0.287. The number of aromatic nitrogens is 4. The van der Waals surface area contributed by atoms with Crippen LogP contribution in [0.25, 0.3) is 0 Å². The smallest absolute Gasteiger partial charge is 0.325 e. The molecule has 9 nitrogen and oxygen atoms in total. The van der Waals surface area contributed by atoms with Gasteiger partial charge in [0.15, 0.2) is 11.6 Å². The molecular formula is C15H21N5O4. The highest BCUT2D eigenvalue weighted by atomic mass is 16.5. The maximum Gasteiger partial charge on any atom is 0.325 e. The van der Waals surface area contributed by atoms with Crippen LogP contribution in [0.5, 0.6) is 0 Å². The number of hydrogen-bond donors (Lipinski definition) is 2. The molecule has 0 saturated carbocycles. The fraction of sp³-hybridized carbons (Fsp3) is 0.533. The second kappa shape index (κ2) is 7.24. The Morgan fingerprint density at radius 1 is 1.38 bits per heavy atom. The Morgan fingerprint density at radius 3 is 2.75 bits per heavy atom. The molecule has 0 fully saturated rings. The number of carboxylic acids is 1. The van der Waals surface area contributed by atoms with Crippen molar-refractivity contribution in [2.45, 2.75) is 52.0 Å². The number of rotatable bonds is 7. The lowest BCUT2D eigenvalue weighted by atomic mass is 9.96. The van der Waals surface area contributed by atoms with Gasteiger partial charge < -0.3 is 14.9 Å². The van der Waals surface area contributed by atoms with Crippen LogP contribution in [-0.2, 0) is 28.0 Å². The van der Waals surface area contributed by atoms with E-state index in [-0.39, 0.29) is 24.3 Å². The van der Waals surface area contributed by atoms with E-state index in [1.807, 2.05) is 20.8 Å². The zero-order chi connectivity index (χ0) is 17.7. The van der Waals surface area contributed by atoms with Crippen molar-refractivity contribution in [3.8, 4) is 0 Å². The number of carboxylic acid groups (broad SMARTS) is 1. The van der Waals surface area contributed by atoms with E-state index in [1.54, 1.807) is 6.07 Å². The molecule has 0 atom stereocenters. The van der Waals surface area contributed by atoms with E-state index < -0.39 is 5.97 Å². The normalized spacial score (nSPS) is 11.5. The van der Waals surface area contributed by atoms with Gasteiger partial charge in [-0.25, -0.2) is 0 Å². The fourth-order valence-electron chi connectivity index (χ4n) is 1.92. The van der Waals surface area contributed by atoms with Crippen LogP contribution in [-0.4, -0.2) is 36.9 Å². The van der Waals surface area contributed by atoms with Crippen molar-refractivity contribution in [2.75, 3.05) is 5.32 Å². The van der Waals surface area contributed by atoms with Crippen LogP contribution >= 0.6 is 0 Å². The maximum absolute atomic E-state index is 11.9. The van der Waals surface area contributed by atoms with Gasteiger partial charge in [0, 0.05) is 30.5 Å². The van der Waals surface area contributed by atoms with Crippen LogP contribution in [0.2, 0.25) is 0 Å². The van der Waals surface area contributed by atoms with Crippen molar-refractivity contribution in [3.05, 3.63) is 24.0 Å². The molecule has 0 saturated heterocycles. The zero-order valence-corrected chi connectivity index (χ0v) is 13.9. The van der Waals surface area contributed by atoms with Gasteiger partial charge in [0.25, 0.3) is 0 Å². The SMILES string of the molecule is CC(C)(C)c1noc(CCCC(=O)Nc2ccn(CC(=O)O)n2)n1. The molecule has 2 rings (SSSR count). The van der Waals surface area contributed by atoms with Gasteiger partial charge in [0.05, 0.1) is 0 Å². The third-order valence-electron chi connectivity index (χ3n) is 3.14. The molecule has 0 spiro atoms. The zero-order valence-electron chi connectivity index (χ0n) is 13.9. The van der Waals surface area contributed by atoms with E-state index in [0.29, 0.717) is 30.4 Å². The molecule has 24 heavy (non-hydrogen) atoms. The number of nitrogens with one attached hydrogen (secondary N) is 1. The van der Waals surface area contributed by atoms with Gasteiger partial charge in [0.2, 0.25) is 11.8 Å². The second-order valence-corrected chi connectivity index (χ2v) is 6.46. The third kappa shape index (κ3) is 5.18. The Hall–Kier alpha value is -2.71. The summed E-state index contributed by atoms with van der Waals surface area (Å²) < 4.78 is 6.41. The predicted octanol–water partition coefficient (Wildman–Crippen LogP) is 1.61. The lowest BCUT2D eigenvalue weighted by Gasteiger charge is -2.10. The number of hydrogen-bond acceptors (Lipinski definition) is 6. The quantitative estimate of drug-likeness (QED) is 0.787. The first kappa shape index (κ1) is 17.6. The molecular weight excluding hydrogens is 314 g/mol. The van der Waals surface area contributed by atoms with Crippen molar-refractivity contribution in [1.82, 2.24) is 19.9 Å². The van der Waals surface area contributed by atoms with E-state index in [4.69, 9.17) is 9.63 Å². The Balaban J connectivity index is 1.76. The monoisotopic (exact) mass is 335 g/mol. The molecule has 0 bridgehead atoms. The molecule has 0 aliphatic carbocycles. The van der Waals surface area contributed by atoms with Crippen molar-refractivity contribution in [2.24, 2.45) is 0 Å². The summed E-state index contributed by atoms with van der Waals surface area (Å²) in [6, 6.07) is 1.55. The molecule has 0 aliphatic rings. The Labute approximate surface area is 139 Å². The van der Waals surface area contributed by atoms with Crippen LogP contribution < -0.4 is 5.32 Å². The van der Waals surface area contributed by atoms with Crippen molar-refractivity contribution < 1.29 is 19.2 Å². The molecule has 2 N–H and O–H groups in total. The minimum atomic E-state index is -0.995. The van der Waals surface area contributed by atoms with Gasteiger partial charge in [0.1, 0.15) is 6.54 Å². The van der Waals surface area contributed by atoms with Gasteiger partial charge in [-0.2, -0.15) is 10.1 Å². The topological polar surface area (TPSA) is 123 Å². The lowest BCUT2D eigenvalue weighted by Crippen LogP contribution is -2.14. The van der Waals surface area contributed by atoms with Crippen molar-refractivity contribution in [3.63, 3.8) is 0 Å². The molecule has 0 unspecified atom stereocenters. The number of carbonyl (C=O) groups is 2. The molecule has 2 heterocycles. The molecule has 0 aromatic carbocycles. The number of carbonyl (C=O) groups excluding carboxylic acids is 1. The van der Waals surface area contributed by atoms with E-state index in [1.165, 1.54) is 10.9 Å². The van der Waals surface area contributed by atoms with Crippen molar-refractivity contribution >= 4 is 17.7 Å². The van der Waals surface area contributed by atoms with Crippen LogP contribution in [0.3, 0.4) is 0 Å². The van der Waals surface area contributed by atoms with Crippen LogP contribution in [0, 0.1) is 0 Å². The Morgan fingerprint density at radius 2 is 2.12 bits per heavy atom. The molecule has 2 aromatic heterocycles. The van der Waals surface area contributed by atoms with E-state index in [0.717, 1.165) is 0 Å². The highest BCUT2D eigenvalue weighted by molar-refractivity contribution is 5.89. The highest BCUT2D eigenvalue weighted by Crippen LogP contribution is 2.19. The molecule has 2 aromatic rings. The van der Waals surface area contributed by atoms with E-state index >= 15 is 0 Å². The standard InChI is InChI=1S/C15H21N5O4/c1-15(2,3)14-17-12(24-19-14)6-4-5-11(21)16-10-7-8-20(18-10)9-13(22)23/h7-8H,4-6,9H2,1-3H3,(H,22,23)(H,16,18,21). The van der Waals surface area contributed by atoms with Gasteiger partial charge >= 0.3 is 5.97 Å². The van der Waals surface area contributed by atoms with Crippen LogP contribution in [0.1, 0.15) is 45.3 Å². The number of aliphatic carboxylic acids is 1. The van der Waals surface area contributed by atoms with Crippen LogP contribution in [0.4, 0.5) is 5.82 Å². The number of amides is 1.